The number of imidazole rings is 1. The van der Waals surface area contributed by atoms with E-state index in [1.165, 1.54) is 17.4 Å². The molecule has 9 heteroatoms. The first-order valence-corrected chi connectivity index (χ1v) is 10.9. The summed E-state index contributed by atoms with van der Waals surface area (Å²) < 4.78 is 30.4. The van der Waals surface area contributed by atoms with Crippen molar-refractivity contribution in [3.63, 3.8) is 0 Å². The molecule has 0 bridgehead atoms. The zero-order valence-electron chi connectivity index (χ0n) is 14.5. The molecular formula is C18H16BrCl2N3O2S. The molecule has 1 atom stereocenters. The maximum absolute atomic E-state index is 13.3. The van der Waals surface area contributed by atoms with Crippen LogP contribution < -0.4 is 0 Å². The second kappa shape index (κ2) is 7.93. The van der Waals surface area contributed by atoms with Gasteiger partial charge in [0.25, 0.3) is 0 Å². The highest BCUT2D eigenvalue weighted by Crippen LogP contribution is 2.34. The van der Waals surface area contributed by atoms with Crippen LogP contribution in [0.2, 0.25) is 10.0 Å². The maximum Gasteiger partial charge on any atom is 0.245 e. The molecule has 3 aromatic rings. The Hall–Kier alpha value is -1.38. The number of hydrogen-bond donors (Lipinski definition) is 0. The van der Waals surface area contributed by atoms with E-state index in [9.17, 15) is 8.42 Å². The molecule has 142 valence electrons. The highest BCUT2D eigenvalue weighted by molar-refractivity contribution is 9.10. The molecule has 0 spiro atoms. The summed E-state index contributed by atoms with van der Waals surface area (Å²) >= 11 is 15.5. The third-order valence-corrected chi connectivity index (χ3v) is 7.25. The van der Waals surface area contributed by atoms with Gasteiger partial charge < -0.3 is 4.57 Å². The van der Waals surface area contributed by atoms with Crippen LogP contribution in [0.5, 0.6) is 0 Å². The molecule has 0 fully saturated rings. The van der Waals surface area contributed by atoms with Gasteiger partial charge in [0.15, 0.2) is 0 Å². The predicted molar refractivity (Wildman–Crippen MR) is 111 cm³/mol. The highest BCUT2D eigenvalue weighted by atomic mass is 79.9. The first-order valence-electron chi connectivity index (χ1n) is 7.87. The van der Waals surface area contributed by atoms with Crippen LogP contribution in [0.25, 0.3) is 0 Å². The minimum atomic E-state index is -3.89. The van der Waals surface area contributed by atoms with Gasteiger partial charge in [-0.3, -0.25) is 0 Å². The Balaban J connectivity index is 2.14. The van der Waals surface area contributed by atoms with Gasteiger partial charge in [0.2, 0.25) is 10.0 Å². The van der Waals surface area contributed by atoms with Crippen molar-refractivity contribution in [2.24, 2.45) is 7.05 Å². The number of nitrogens with zero attached hydrogens (tertiary/aromatic N) is 3. The van der Waals surface area contributed by atoms with E-state index in [1.54, 1.807) is 53.4 Å². The van der Waals surface area contributed by atoms with Gasteiger partial charge in [-0.2, -0.15) is 4.31 Å². The lowest BCUT2D eigenvalue weighted by molar-refractivity contribution is 0.398. The molecule has 0 amide bonds. The second-order valence-electron chi connectivity index (χ2n) is 5.95. The minimum absolute atomic E-state index is 0.0306. The van der Waals surface area contributed by atoms with Crippen molar-refractivity contribution in [1.82, 2.24) is 13.9 Å². The Kier molecular flexibility index (Phi) is 5.98. The molecule has 0 saturated carbocycles. The Bertz CT molecular complexity index is 1070. The van der Waals surface area contributed by atoms with Gasteiger partial charge >= 0.3 is 0 Å². The van der Waals surface area contributed by atoms with E-state index in [2.05, 4.69) is 20.9 Å². The van der Waals surface area contributed by atoms with Gasteiger partial charge in [-0.05, 0) is 35.9 Å². The summed E-state index contributed by atoms with van der Waals surface area (Å²) in [6, 6.07) is 11.1. The SMILES string of the molecule is CN([C@@H](c1ccc(Cl)cc1)c1nccn1C)S(=O)(=O)c1ccc(Br)cc1Cl. The van der Waals surface area contributed by atoms with Crippen molar-refractivity contribution in [2.75, 3.05) is 7.05 Å². The standard InChI is InChI=1S/C18H16BrCl2N3O2S/c1-23-10-9-22-18(23)17(12-3-6-14(20)7-4-12)24(2)27(25,26)16-8-5-13(19)11-15(16)21/h3-11,17H,1-2H3/t17-/m0/s1. The lowest BCUT2D eigenvalue weighted by atomic mass is 10.1. The number of hydrogen-bond acceptors (Lipinski definition) is 3. The van der Waals surface area contributed by atoms with Crippen LogP contribution in [0.15, 0.2) is 64.2 Å². The molecule has 3 rings (SSSR count). The molecule has 1 aromatic heterocycles. The molecule has 0 aliphatic heterocycles. The van der Waals surface area contributed by atoms with Crippen LogP contribution in [0.4, 0.5) is 0 Å². The molecule has 0 N–H and O–H groups in total. The van der Waals surface area contributed by atoms with Crippen LogP contribution in [-0.4, -0.2) is 29.3 Å². The molecule has 0 saturated heterocycles. The zero-order valence-corrected chi connectivity index (χ0v) is 18.4. The summed E-state index contributed by atoms with van der Waals surface area (Å²) in [6.45, 7) is 0. The zero-order chi connectivity index (χ0) is 19.8. The molecule has 5 nitrogen and oxygen atoms in total. The van der Waals surface area contributed by atoms with Crippen LogP contribution in [-0.2, 0) is 17.1 Å². The van der Waals surface area contributed by atoms with Crippen molar-refractivity contribution in [3.8, 4) is 0 Å². The van der Waals surface area contributed by atoms with Crippen LogP contribution in [0, 0.1) is 0 Å². The van der Waals surface area contributed by atoms with E-state index < -0.39 is 16.1 Å². The van der Waals surface area contributed by atoms with Crippen molar-refractivity contribution >= 4 is 49.2 Å². The Morgan fingerprint density at radius 2 is 1.81 bits per heavy atom. The van der Waals surface area contributed by atoms with E-state index >= 15 is 0 Å². The smallest absolute Gasteiger partial charge is 0.245 e. The van der Waals surface area contributed by atoms with E-state index in [0.717, 1.165) is 5.56 Å². The number of aromatic nitrogens is 2. The van der Waals surface area contributed by atoms with Crippen molar-refractivity contribution in [3.05, 3.63) is 80.8 Å². The normalized spacial score (nSPS) is 13.1. The predicted octanol–water partition coefficient (Wildman–Crippen LogP) is 4.90. The van der Waals surface area contributed by atoms with E-state index in [1.807, 2.05) is 7.05 Å². The molecule has 27 heavy (non-hydrogen) atoms. The maximum atomic E-state index is 13.3. The molecule has 0 aliphatic rings. The largest absolute Gasteiger partial charge is 0.336 e. The molecule has 2 aromatic carbocycles. The Labute approximate surface area is 176 Å². The van der Waals surface area contributed by atoms with E-state index in [4.69, 9.17) is 23.2 Å². The number of halogens is 3. The topological polar surface area (TPSA) is 55.2 Å². The summed E-state index contributed by atoms with van der Waals surface area (Å²) in [4.78, 5) is 4.39. The van der Waals surface area contributed by atoms with Gasteiger partial charge in [-0.15, -0.1) is 0 Å². The van der Waals surface area contributed by atoms with Gasteiger partial charge in [-0.25, -0.2) is 13.4 Å². The number of sulfonamides is 1. The van der Waals surface area contributed by atoms with Crippen molar-refractivity contribution < 1.29 is 8.42 Å². The van der Waals surface area contributed by atoms with Crippen molar-refractivity contribution in [2.45, 2.75) is 10.9 Å². The second-order valence-corrected chi connectivity index (χ2v) is 9.67. The van der Waals surface area contributed by atoms with Crippen LogP contribution in [0.3, 0.4) is 0 Å². The third kappa shape index (κ3) is 4.07. The van der Waals surface area contributed by atoms with Crippen LogP contribution in [0.1, 0.15) is 17.4 Å². The average molecular weight is 489 g/mol. The van der Waals surface area contributed by atoms with Gasteiger partial charge in [-0.1, -0.05) is 51.3 Å². The van der Waals surface area contributed by atoms with Crippen molar-refractivity contribution in [1.29, 1.82) is 0 Å². The first-order chi connectivity index (χ1) is 12.7. The quantitative estimate of drug-likeness (QED) is 0.513. The minimum Gasteiger partial charge on any atom is -0.336 e. The van der Waals surface area contributed by atoms with Gasteiger partial charge in [0, 0.05) is 36.0 Å². The Morgan fingerprint density at radius 1 is 1.15 bits per heavy atom. The fraction of sp³-hybridized carbons (Fsp3) is 0.167. The fourth-order valence-corrected chi connectivity index (χ4v) is 5.23. The number of rotatable bonds is 5. The van der Waals surface area contributed by atoms with Gasteiger partial charge in [0.1, 0.15) is 16.8 Å². The molecule has 0 radical (unpaired) electrons. The van der Waals surface area contributed by atoms with Gasteiger partial charge in [0.05, 0.1) is 5.02 Å². The molecule has 0 unspecified atom stereocenters. The monoisotopic (exact) mass is 487 g/mol. The van der Waals surface area contributed by atoms with E-state index in [-0.39, 0.29) is 9.92 Å². The highest BCUT2D eigenvalue weighted by Gasteiger charge is 2.34. The lowest BCUT2D eigenvalue weighted by Gasteiger charge is -2.28. The third-order valence-electron chi connectivity index (χ3n) is 4.20. The number of aryl methyl sites for hydroxylation is 1. The number of benzene rings is 2. The lowest BCUT2D eigenvalue weighted by Crippen LogP contribution is -2.33. The average Bonchev–Trinajstić information content (AvgIpc) is 3.02. The molecule has 0 aliphatic carbocycles. The molecular weight excluding hydrogens is 473 g/mol. The summed E-state index contributed by atoms with van der Waals surface area (Å²) in [5.74, 6) is 0.580. The Morgan fingerprint density at radius 3 is 2.37 bits per heavy atom. The summed E-state index contributed by atoms with van der Waals surface area (Å²) in [5, 5.41) is 0.713. The fourth-order valence-electron chi connectivity index (χ4n) is 2.79. The van der Waals surface area contributed by atoms with Crippen LogP contribution >= 0.6 is 39.1 Å². The summed E-state index contributed by atoms with van der Waals surface area (Å²) in [5.41, 5.74) is 0.744. The first kappa shape index (κ1) is 20.4. The summed E-state index contributed by atoms with van der Waals surface area (Å²) in [6.07, 6.45) is 3.40. The van der Waals surface area contributed by atoms with E-state index in [0.29, 0.717) is 15.3 Å². The molecule has 1 heterocycles. The summed E-state index contributed by atoms with van der Waals surface area (Å²) in [7, 11) is -0.559.